The van der Waals surface area contributed by atoms with E-state index >= 15 is 0 Å². The largest absolute Gasteiger partial charge is 0.399 e. The number of amides is 1. The second kappa shape index (κ2) is 5.71. The molecule has 1 aliphatic rings. The van der Waals surface area contributed by atoms with Crippen LogP contribution < -0.4 is 11.1 Å². The zero-order valence-corrected chi connectivity index (χ0v) is 13.8. The number of aryl methyl sites for hydroxylation is 1. The molecular weight excluding hydrogens is 298 g/mol. The minimum absolute atomic E-state index is 0.0147. The summed E-state index contributed by atoms with van der Waals surface area (Å²) in [6, 6.07) is 15.8. The van der Waals surface area contributed by atoms with Gasteiger partial charge >= 0.3 is 0 Å². The Kier molecular flexibility index (Phi) is 3.53. The number of rotatable bonds is 2. The summed E-state index contributed by atoms with van der Waals surface area (Å²) in [6.07, 6.45) is 2.63. The van der Waals surface area contributed by atoms with E-state index in [2.05, 4.69) is 41.2 Å². The molecule has 1 aromatic heterocycles. The fourth-order valence-electron chi connectivity index (χ4n) is 3.76. The Labute approximate surface area is 141 Å². The number of para-hydroxylation sites is 1. The first-order valence-corrected chi connectivity index (χ1v) is 8.35. The number of benzene rings is 2. The van der Waals surface area contributed by atoms with Crippen molar-refractivity contribution in [1.29, 1.82) is 0 Å². The van der Waals surface area contributed by atoms with E-state index in [1.807, 2.05) is 12.1 Å². The van der Waals surface area contributed by atoms with Crippen molar-refractivity contribution in [1.82, 2.24) is 4.57 Å². The molecule has 0 saturated carbocycles. The van der Waals surface area contributed by atoms with Crippen LogP contribution in [0.1, 0.15) is 17.7 Å². The lowest BCUT2D eigenvalue weighted by Gasteiger charge is -2.23. The molecule has 0 spiro atoms. The lowest BCUT2D eigenvalue weighted by molar-refractivity contribution is -0.120. The molecule has 0 saturated heterocycles. The highest BCUT2D eigenvalue weighted by molar-refractivity contribution is 5.94. The molecule has 122 valence electrons. The fraction of sp³-hybridized carbons (Fsp3) is 0.250. The maximum absolute atomic E-state index is 12.7. The van der Waals surface area contributed by atoms with Crippen LogP contribution in [0.2, 0.25) is 0 Å². The van der Waals surface area contributed by atoms with E-state index in [9.17, 15) is 4.79 Å². The highest BCUT2D eigenvalue weighted by Gasteiger charge is 2.28. The van der Waals surface area contributed by atoms with Crippen LogP contribution in [0.25, 0.3) is 10.9 Å². The monoisotopic (exact) mass is 319 g/mol. The van der Waals surface area contributed by atoms with Gasteiger partial charge in [-0.25, -0.2) is 0 Å². The van der Waals surface area contributed by atoms with Crippen LogP contribution in [0, 0.1) is 5.92 Å². The van der Waals surface area contributed by atoms with E-state index in [0.29, 0.717) is 5.69 Å². The van der Waals surface area contributed by atoms with Crippen LogP contribution in [0.15, 0.2) is 48.5 Å². The van der Waals surface area contributed by atoms with Crippen LogP contribution in [-0.4, -0.2) is 10.5 Å². The minimum atomic E-state index is 0.0147. The standard InChI is InChI=1S/C20H21N3O/c1-23-18-5-3-2-4-16(18)17-12-13(6-11-19(17)23)20(24)22-15-9-7-14(21)8-10-15/h2-5,7-10,13H,6,11-12,21H2,1H3,(H,22,24). The van der Waals surface area contributed by atoms with Crippen molar-refractivity contribution in [3.63, 3.8) is 0 Å². The number of anilines is 2. The number of nitrogens with one attached hydrogen (secondary N) is 1. The lowest BCUT2D eigenvalue weighted by Crippen LogP contribution is -2.28. The highest BCUT2D eigenvalue weighted by Crippen LogP contribution is 2.34. The Morgan fingerprint density at radius 3 is 2.71 bits per heavy atom. The summed E-state index contributed by atoms with van der Waals surface area (Å²) >= 11 is 0. The number of hydrogen-bond acceptors (Lipinski definition) is 2. The summed E-state index contributed by atoms with van der Waals surface area (Å²) in [4.78, 5) is 12.7. The van der Waals surface area contributed by atoms with Crippen molar-refractivity contribution in [2.24, 2.45) is 13.0 Å². The van der Waals surface area contributed by atoms with Gasteiger partial charge in [-0.1, -0.05) is 18.2 Å². The Morgan fingerprint density at radius 1 is 1.17 bits per heavy atom. The Bertz CT molecular complexity index is 909. The molecule has 3 N–H and O–H groups in total. The number of nitrogen functional groups attached to an aromatic ring is 1. The molecule has 4 heteroatoms. The van der Waals surface area contributed by atoms with Crippen LogP contribution in [0.3, 0.4) is 0 Å². The van der Waals surface area contributed by atoms with E-state index in [4.69, 9.17) is 5.73 Å². The smallest absolute Gasteiger partial charge is 0.227 e. The second-order valence-electron chi connectivity index (χ2n) is 6.55. The Balaban J connectivity index is 1.58. The van der Waals surface area contributed by atoms with Gasteiger partial charge in [0.1, 0.15) is 0 Å². The molecule has 1 atom stereocenters. The van der Waals surface area contributed by atoms with Gasteiger partial charge in [0, 0.05) is 40.9 Å². The molecule has 4 rings (SSSR count). The van der Waals surface area contributed by atoms with Gasteiger partial charge in [0.2, 0.25) is 5.91 Å². The fourth-order valence-corrected chi connectivity index (χ4v) is 3.76. The molecule has 4 nitrogen and oxygen atoms in total. The summed E-state index contributed by atoms with van der Waals surface area (Å²) in [6.45, 7) is 0. The molecule has 2 aromatic carbocycles. The Hall–Kier alpha value is -2.75. The first-order valence-electron chi connectivity index (χ1n) is 8.35. The Morgan fingerprint density at radius 2 is 1.92 bits per heavy atom. The van der Waals surface area contributed by atoms with Gasteiger partial charge in [0.05, 0.1) is 0 Å². The summed E-state index contributed by atoms with van der Waals surface area (Å²) in [7, 11) is 2.12. The van der Waals surface area contributed by atoms with Crippen LogP contribution in [-0.2, 0) is 24.7 Å². The molecule has 0 bridgehead atoms. The van der Waals surface area contributed by atoms with Crippen molar-refractivity contribution in [2.45, 2.75) is 19.3 Å². The molecule has 1 unspecified atom stereocenters. The maximum atomic E-state index is 12.7. The van der Waals surface area contributed by atoms with Crippen molar-refractivity contribution >= 4 is 28.2 Å². The number of carbonyl (C=O) groups is 1. The summed E-state index contributed by atoms with van der Waals surface area (Å²) in [5.41, 5.74) is 11.1. The maximum Gasteiger partial charge on any atom is 0.227 e. The topological polar surface area (TPSA) is 60.0 Å². The predicted molar refractivity (Wildman–Crippen MR) is 97.9 cm³/mol. The van der Waals surface area contributed by atoms with Gasteiger partial charge in [-0.15, -0.1) is 0 Å². The van der Waals surface area contributed by atoms with Gasteiger partial charge < -0.3 is 15.6 Å². The SMILES string of the molecule is Cn1c2c(c3ccccc31)CC(C(=O)Nc1ccc(N)cc1)CC2. The minimum Gasteiger partial charge on any atom is -0.399 e. The lowest BCUT2D eigenvalue weighted by atomic mass is 9.85. The van der Waals surface area contributed by atoms with Crippen LogP contribution in [0.4, 0.5) is 11.4 Å². The van der Waals surface area contributed by atoms with Gasteiger partial charge in [-0.05, 0) is 55.2 Å². The van der Waals surface area contributed by atoms with E-state index < -0.39 is 0 Å². The summed E-state index contributed by atoms with van der Waals surface area (Å²) in [5, 5.41) is 4.30. The number of hydrogen-bond donors (Lipinski definition) is 2. The molecule has 3 aromatic rings. The summed E-state index contributed by atoms with van der Waals surface area (Å²) in [5.74, 6) is 0.110. The van der Waals surface area contributed by atoms with Crippen molar-refractivity contribution in [3.05, 3.63) is 59.8 Å². The molecule has 1 amide bonds. The van der Waals surface area contributed by atoms with E-state index in [1.165, 1.54) is 22.2 Å². The zero-order valence-electron chi connectivity index (χ0n) is 13.8. The molecule has 1 heterocycles. The molecular formula is C20H21N3O. The van der Waals surface area contributed by atoms with Gasteiger partial charge in [0.15, 0.2) is 0 Å². The zero-order chi connectivity index (χ0) is 16.7. The number of fused-ring (bicyclic) bond motifs is 3. The summed E-state index contributed by atoms with van der Waals surface area (Å²) < 4.78 is 2.28. The van der Waals surface area contributed by atoms with Crippen molar-refractivity contribution < 1.29 is 4.79 Å². The van der Waals surface area contributed by atoms with Gasteiger partial charge in [-0.3, -0.25) is 4.79 Å². The number of carbonyl (C=O) groups excluding carboxylic acids is 1. The third-order valence-electron chi connectivity index (χ3n) is 5.07. The molecule has 0 radical (unpaired) electrons. The number of nitrogens with two attached hydrogens (primary N) is 1. The van der Waals surface area contributed by atoms with Crippen LogP contribution in [0.5, 0.6) is 0 Å². The van der Waals surface area contributed by atoms with Crippen molar-refractivity contribution in [3.8, 4) is 0 Å². The van der Waals surface area contributed by atoms with E-state index in [1.54, 1.807) is 12.1 Å². The molecule has 0 aliphatic heterocycles. The normalized spacial score (nSPS) is 16.8. The quantitative estimate of drug-likeness (QED) is 0.710. The average molecular weight is 319 g/mol. The highest BCUT2D eigenvalue weighted by atomic mass is 16.1. The number of nitrogens with zero attached hydrogens (tertiary/aromatic N) is 1. The van der Waals surface area contributed by atoms with Crippen molar-refractivity contribution in [2.75, 3.05) is 11.1 Å². The number of aromatic nitrogens is 1. The first-order chi connectivity index (χ1) is 11.6. The molecule has 0 fully saturated rings. The first kappa shape index (κ1) is 14.8. The molecule has 1 aliphatic carbocycles. The van der Waals surface area contributed by atoms with E-state index in [0.717, 1.165) is 24.9 Å². The second-order valence-corrected chi connectivity index (χ2v) is 6.55. The third kappa shape index (κ3) is 2.44. The van der Waals surface area contributed by atoms with Gasteiger partial charge in [-0.2, -0.15) is 0 Å². The third-order valence-corrected chi connectivity index (χ3v) is 5.07. The predicted octanol–water partition coefficient (Wildman–Crippen LogP) is 3.50. The van der Waals surface area contributed by atoms with Gasteiger partial charge in [0.25, 0.3) is 0 Å². The van der Waals surface area contributed by atoms with E-state index in [-0.39, 0.29) is 11.8 Å². The van der Waals surface area contributed by atoms with Crippen LogP contribution >= 0.6 is 0 Å². The average Bonchev–Trinajstić information content (AvgIpc) is 2.90. The molecule has 24 heavy (non-hydrogen) atoms.